The molecule has 1 heterocycles. The highest BCUT2D eigenvalue weighted by Crippen LogP contribution is 2.22. The van der Waals surface area contributed by atoms with Crippen molar-refractivity contribution in [1.82, 2.24) is 4.98 Å². The van der Waals surface area contributed by atoms with E-state index < -0.39 is 12.6 Å². The van der Waals surface area contributed by atoms with Gasteiger partial charge in [-0.1, -0.05) is 0 Å². The van der Waals surface area contributed by atoms with Crippen molar-refractivity contribution in [2.24, 2.45) is 0 Å². The molecule has 1 aromatic heterocycles. The van der Waals surface area contributed by atoms with Crippen molar-refractivity contribution in [3.8, 4) is 0 Å². The zero-order valence-corrected chi connectivity index (χ0v) is 9.17. The van der Waals surface area contributed by atoms with Crippen LogP contribution in [0, 0.1) is 6.92 Å². The fraction of sp³-hybridized carbons (Fsp3) is 0.500. The highest BCUT2D eigenvalue weighted by molar-refractivity contribution is 5.54. The van der Waals surface area contributed by atoms with Crippen LogP contribution in [0.3, 0.4) is 0 Å². The number of rotatable bonds is 3. The third-order valence-corrected chi connectivity index (χ3v) is 2.25. The van der Waals surface area contributed by atoms with Crippen molar-refractivity contribution in [3.05, 3.63) is 17.8 Å². The minimum Gasteiger partial charge on any atom is -0.398 e. The second-order valence-corrected chi connectivity index (χ2v) is 3.69. The molecule has 6 heteroatoms. The van der Waals surface area contributed by atoms with E-state index >= 15 is 0 Å². The van der Waals surface area contributed by atoms with Gasteiger partial charge in [0.25, 0.3) is 0 Å². The van der Waals surface area contributed by atoms with Gasteiger partial charge in [0.15, 0.2) is 0 Å². The normalized spacial score (nSPS) is 11.6. The SMILES string of the molecule is Cc1cnc(N(C)CCC(F)(F)F)cc1N. The molecule has 0 bridgehead atoms. The van der Waals surface area contributed by atoms with E-state index in [0.29, 0.717) is 11.5 Å². The molecule has 0 radical (unpaired) electrons. The lowest BCUT2D eigenvalue weighted by atomic mass is 10.2. The highest BCUT2D eigenvalue weighted by atomic mass is 19.4. The molecule has 2 N–H and O–H groups in total. The third kappa shape index (κ3) is 3.60. The number of hydrogen-bond acceptors (Lipinski definition) is 3. The van der Waals surface area contributed by atoms with E-state index in [1.807, 2.05) is 0 Å². The standard InChI is InChI=1S/C10H14F3N3/c1-7-6-15-9(5-8(7)14)16(2)4-3-10(11,12)13/h5-6H,3-4H2,1-2H3,(H2,14,15). The quantitative estimate of drug-likeness (QED) is 0.871. The second-order valence-electron chi connectivity index (χ2n) is 3.69. The molecule has 0 fully saturated rings. The number of nitrogens with zero attached hydrogens (tertiary/aromatic N) is 2. The van der Waals surface area contributed by atoms with Crippen LogP contribution >= 0.6 is 0 Å². The largest absolute Gasteiger partial charge is 0.398 e. The molecule has 3 nitrogen and oxygen atoms in total. The Bertz CT molecular complexity index is 363. The average molecular weight is 233 g/mol. The Hall–Kier alpha value is -1.46. The lowest BCUT2D eigenvalue weighted by molar-refractivity contribution is -0.132. The summed E-state index contributed by atoms with van der Waals surface area (Å²) < 4.78 is 36.0. The molecule has 1 rings (SSSR count). The highest BCUT2D eigenvalue weighted by Gasteiger charge is 2.27. The van der Waals surface area contributed by atoms with Gasteiger partial charge in [-0.05, 0) is 12.5 Å². The number of pyridine rings is 1. The van der Waals surface area contributed by atoms with Crippen LogP contribution in [0.2, 0.25) is 0 Å². The Kier molecular flexibility index (Phi) is 3.62. The van der Waals surface area contributed by atoms with E-state index in [4.69, 9.17) is 5.73 Å². The molecule has 1 aromatic rings. The maximum absolute atomic E-state index is 12.0. The lowest BCUT2D eigenvalue weighted by Gasteiger charge is -2.19. The van der Waals surface area contributed by atoms with Crippen molar-refractivity contribution < 1.29 is 13.2 Å². The molecule has 0 saturated carbocycles. The summed E-state index contributed by atoms with van der Waals surface area (Å²) >= 11 is 0. The molecule has 16 heavy (non-hydrogen) atoms. The molecule has 0 aliphatic rings. The average Bonchev–Trinajstić information content (AvgIpc) is 2.17. The molecule has 0 amide bonds. The fourth-order valence-corrected chi connectivity index (χ4v) is 1.15. The van der Waals surface area contributed by atoms with Crippen molar-refractivity contribution in [2.75, 3.05) is 24.2 Å². The molecule has 0 aliphatic heterocycles. The summed E-state index contributed by atoms with van der Waals surface area (Å²) in [5.41, 5.74) is 7.00. The summed E-state index contributed by atoms with van der Waals surface area (Å²) in [4.78, 5) is 5.45. The van der Waals surface area contributed by atoms with Crippen LogP contribution in [0.5, 0.6) is 0 Å². The Balaban J connectivity index is 2.66. The summed E-state index contributed by atoms with van der Waals surface area (Å²) in [6.45, 7) is 1.67. The maximum atomic E-state index is 12.0. The number of alkyl halides is 3. The lowest BCUT2D eigenvalue weighted by Crippen LogP contribution is -2.24. The van der Waals surface area contributed by atoms with Crippen LogP contribution in [-0.4, -0.2) is 24.8 Å². The molecule has 0 spiro atoms. The van der Waals surface area contributed by atoms with E-state index in [0.717, 1.165) is 5.56 Å². The van der Waals surface area contributed by atoms with Crippen LogP contribution in [0.15, 0.2) is 12.3 Å². The Labute approximate surface area is 92.1 Å². The number of hydrogen-bond donors (Lipinski definition) is 1. The number of halogens is 3. The van der Waals surface area contributed by atoms with E-state index in [2.05, 4.69) is 4.98 Å². The molecule has 0 aliphatic carbocycles. The van der Waals surface area contributed by atoms with Gasteiger partial charge in [0.1, 0.15) is 5.82 Å². The number of aromatic nitrogens is 1. The minimum absolute atomic E-state index is 0.126. The van der Waals surface area contributed by atoms with Crippen molar-refractivity contribution in [1.29, 1.82) is 0 Å². The third-order valence-electron chi connectivity index (χ3n) is 2.25. The smallest absolute Gasteiger partial charge is 0.390 e. The summed E-state index contributed by atoms with van der Waals surface area (Å²) in [6, 6.07) is 1.58. The summed E-state index contributed by atoms with van der Waals surface area (Å²) in [7, 11) is 1.56. The first-order valence-corrected chi connectivity index (χ1v) is 4.79. The Morgan fingerprint density at radius 3 is 2.56 bits per heavy atom. The number of anilines is 2. The van der Waals surface area contributed by atoms with Crippen LogP contribution in [0.4, 0.5) is 24.7 Å². The van der Waals surface area contributed by atoms with Gasteiger partial charge in [-0.3, -0.25) is 0 Å². The van der Waals surface area contributed by atoms with Crippen molar-refractivity contribution in [3.63, 3.8) is 0 Å². The first-order chi connectivity index (χ1) is 7.29. The van der Waals surface area contributed by atoms with Gasteiger partial charge < -0.3 is 10.6 Å². The number of aryl methyl sites for hydroxylation is 1. The summed E-state index contributed by atoms with van der Waals surface area (Å²) in [6.07, 6.45) is -3.46. The van der Waals surface area contributed by atoms with Gasteiger partial charge in [-0.25, -0.2) is 4.98 Å². The molecule has 90 valence electrons. The maximum Gasteiger partial charge on any atom is 0.390 e. The molecular formula is C10H14F3N3. The predicted molar refractivity (Wildman–Crippen MR) is 57.3 cm³/mol. The fourth-order valence-electron chi connectivity index (χ4n) is 1.15. The van der Waals surface area contributed by atoms with Gasteiger partial charge in [0.2, 0.25) is 0 Å². The topological polar surface area (TPSA) is 42.2 Å². The van der Waals surface area contributed by atoms with Gasteiger partial charge in [0.05, 0.1) is 6.42 Å². The molecule has 0 unspecified atom stereocenters. The Morgan fingerprint density at radius 2 is 2.06 bits per heavy atom. The monoisotopic (exact) mass is 233 g/mol. The predicted octanol–water partition coefficient (Wildman–Crippen LogP) is 2.36. The molecule has 0 saturated heterocycles. The second kappa shape index (κ2) is 4.59. The van der Waals surface area contributed by atoms with E-state index in [9.17, 15) is 13.2 Å². The van der Waals surface area contributed by atoms with E-state index in [-0.39, 0.29) is 6.54 Å². The summed E-state index contributed by atoms with van der Waals surface area (Å²) in [5.74, 6) is 0.451. The van der Waals surface area contributed by atoms with Gasteiger partial charge in [-0.2, -0.15) is 13.2 Å². The zero-order valence-electron chi connectivity index (χ0n) is 9.17. The zero-order chi connectivity index (χ0) is 12.3. The van der Waals surface area contributed by atoms with Crippen molar-refractivity contribution >= 4 is 11.5 Å². The van der Waals surface area contributed by atoms with E-state index in [1.165, 1.54) is 4.90 Å². The number of nitrogens with two attached hydrogens (primary N) is 1. The molecule has 0 aromatic carbocycles. The first-order valence-electron chi connectivity index (χ1n) is 4.79. The first kappa shape index (κ1) is 12.6. The Morgan fingerprint density at radius 1 is 1.44 bits per heavy atom. The van der Waals surface area contributed by atoms with Crippen LogP contribution < -0.4 is 10.6 Å². The number of nitrogen functional groups attached to an aromatic ring is 1. The molecule has 0 atom stereocenters. The van der Waals surface area contributed by atoms with Crippen molar-refractivity contribution in [2.45, 2.75) is 19.5 Å². The van der Waals surface area contributed by atoms with Crippen LogP contribution in [-0.2, 0) is 0 Å². The van der Waals surface area contributed by atoms with Gasteiger partial charge >= 0.3 is 6.18 Å². The van der Waals surface area contributed by atoms with Gasteiger partial charge in [-0.15, -0.1) is 0 Å². The molecular weight excluding hydrogens is 219 g/mol. The van der Waals surface area contributed by atoms with Crippen LogP contribution in [0.25, 0.3) is 0 Å². The minimum atomic E-state index is -4.15. The van der Waals surface area contributed by atoms with Gasteiger partial charge in [0, 0.05) is 31.5 Å². The van der Waals surface area contributed by atoms with E-state index in [1.54, 1.807) is 26.2 Å². The summed E-state index contributed by atoms with van der Waals surface area (Å²) in [5, 5.41) is 0. The van der Waals surface area contributed by atoms with Crippen LogP contribution in [0.1, 0.15) is 12.0 Å².